The molecule has 2 amide bonds. The first-order chi connectivity index (χ1) is 13.2. The summed E-state index contributed by atoms with van der Waals surface area (Å²) in [7, 11) is 0. The lowest BCUT2D eigenvalue weighted by atomic mass is 9.97. The van der Waals surface area contributed by atoms with Gasteiger partial charge in [0.05, 0.1) is 12.1 Å². The van der Waals surface area contributed by atoms with E-state index in [1.165, 1.54) is 4.90 Å². The van der Waals surface area contributed by atoms with Gasteiger partial charge in [-0.1, -0.05) is 42.5 Å². The highest BCUT2D eigenvalue weighted by Crippen LogP contribution is 2.33. The Morgan fingerprint density at radius 2 is 1.86 bits per heavy atom. The van der Waals surface area contributed by atoms with Crippen LogP contribution in [-0.2, 0) is 4.74 Å². The number of nitrogens with zero attached hydrogens (tertiary/aromatic N) is 2. The van der Waals surface area contributed by atoms with Crippen LogP contribution in [0.25, 0.3) is 10.8 Å². The van der Waals surface area contributed by atoms with Gasteiger partial charge in [0, 0.05) is 13.1 Å². The van der Waals surface area contributed by atoms with E-state index in [1.54, 1.807) is 4.90 Å². The van der Waals surface area contributed by atoms with E-state index in [4.69, 9.17) is 4.74 Å². The maximum Gasteiger partial charge on any atom is 0.411 e. The molecule has 6 nitrogen and oxygen atoms in total. The van der Waals surface area contributed by atoms with Crippen LogP contribution in [-0.4, -0.2) is 51.8 Å². The van der Waals surface area contributed by atoms with Crippen LogP contribution in [0.5, 0.6) is 0 Å². The predicted octanol–water partition coefficient (Wildman–Crippen LogP) is 4.89. The monoisotopic (exact) mass is 384 g/mol. The number of carboxylic acid groups (broad SMARTS) is 1. The molecule has 0 aliphatic carbocycles. The number of likely N-dealkylation sites (tertiary alicyclic amines) is 1. The molecule has 2 aromatic carbocycles. The average molecular weight is 384 g/mol. The van der Waals surface area contributed by atoms with Crippen molar-refractivity contribution in [1.29, 1.82) is 0 Å². The van der Waals surface area contributed by atoms with Gasteiger partial charge in [0.25, 0.3) is 0 Å². The number of benzene rings is 2. The fraction of sp³-hybridized carbons (Fsp3) is 0.455. The highest BCUT2D eigenvalue weighted by atomic mass is 16.6. The molecule has 6 heteroatoms. The summed E-state index contributed by atoms with van der Waals surface area (Å²) in [6, 6.07) is 13.7. The van der Waals surface area contributed by atoms with Crippen molar-refractivity contribution < 1.29 is 19.4 Å². The van der Waals surface area contributed by atoms with Crippen molar-refractivity contribution in [3.63, 3.8) is 0 Å². The van der Waals surface area contributed by atoms with Crippen LogP contribution in [0, 0.1) is 0 Å². The molecule has 0 saturated carbocycles. The van der Waals surface area contributed by atoms with E-state index in [9.17, 15) is 14.7 Å². The Bertz CT molecular complexity index is 869. The first kappa shape index (κ1) is 20.0. The Kier molecular flexibility index (Phi) is 5.49. The molecule has 0 aromatic heterocycles. The highest BCUT2D eigenvalue weighted by Gasteiger charge is 2.38. The Balaban J connectivity index is 1.98. The molecule has 2 atom stereocenters. The fourth-order valence-corrected chi connectivity index (χ4v) is 3.85. The molecule has 0 radical (unpaired) electrons. The number of hydrogen-bond acceptors (Lipinski definition) is 3. The van der Waals surface area contributed by atoms with Gasteiger partial charge in [0.15, 0.2) is 0 Å². The second-order valence-electron chi connectivity index (χ2n) is 8.30. The van der Waals surface area contributed by atoms with E-state index in [2.05, 4.69) is 0 Å². The molecule has 28 heavy (non-hydrogen) atoms. The number of carbonyl (C=O) groups excluding carboxylic acids is 1. The Hall–Kier alpha value is -2.76. The molecule has 1 aliphatic heterocycles. The van der Waals surface area contributed by atoms with Crippen molar-refractivity contribution in [3.8, 4) is 0 Å². The van der Waals surface area contributed by atoms with Crippen molar-refractivity contribution in [2.24, 2.45) is 0 Å². The molecule has 1 saturated heterocycles. The van der Waals surface area contributed by atoms with Gasteiger partial charge >= 0.3 is 12.2 Å². The number of fused-ring (bicyclic) bond motifs is 1. The topological polar surface area (TPSA) is 70.1 Å². The van der Waals surface area contributed by atoms with Crippen molar-refractivity contribution in [1.82, 2.24) is 9.80 Å². The Morgan fingerprint density at radius 3 is 2.50 bits per heavy atom. The fourth-order valence-electron chi connectivity index (χ4n) is 3.85. The number of carbonyl (C=O) groups is 2. The second-order valence-corrected chi connectivity index (χ2v) is 8.30. The summed E-state index contributed by atoms with van der Waals surface area (Å²) in [6.45, 7) is 8.21. The van der Waals surface area contributed by atoms with Gasteiger partial charge < -0.3 is 14.7 Å². The van der Waals surface area contributed by atoms with E-state index >= 15 is 0 Å². The third kappa shape index (κ3) is 4.21. The summed E-state index contributed by atoms with van der Waals surface area (Å²) in [5.74, 6) is 0. The van der Waals surface area contributed by atoms with Gasteiger partial charge in [-0.25, -0.2) is 9.59 Å². The van der Waals surface area contributed by atoms with E-state index in [0.717, 1.165) is 16.3 Å². The molecule has 0 spiro atoms. The number of rotatable bonds is 3. The largest absolute Gasteiger partial charge is 0.465 e. The van der Waals surface area contributed by atoms with Gasteiger partial charge in [-0.2, -0.15) is 0 Å². The lowest BCUT2D eigenvalue weighted by Gasteiger charge is -2.36. The lowest BCUT2D eigenvalue weighted by Crippen LogP contribution is -2.46. The third-order valence-electron chi connectivity index (χ3n) is 5.12. The van der Waals surface area contributed by atoms with Crippen LogP contribution in [0.1, 0.15) is 45.7 Å². The van der Waals surface area contributed by atoms with Crippen LogP contribution in [0.3, 0.4) is 0 Å². The van der Waals surface area contributed by atoms with Gasteiger partial charge in [-0.15, -0.1) is 0 Å². The van der Waals surface area contributed by atoms with Gasteiger partial charge in [0.2, 0.25) is 0 Å². The normalized spacial score (nSPS) is 18.1. The van der Waals surface area contributed by atoms with E-state index < -0.39 is 17.8 Å². The minimum atomic E-state index is -0.954. The van der Waals surface area contributed by atoms with E-state index in [0.29, 0.717) is 19.5 Å². The predicted molar refractivity (Wildman–Crippen MR) is 108 cm³/mol. The second kappa shape index (κ2) is 7.70. The molecular formula is C22H28N2O4. The summed E-state index contributed by atoms with van der Waals surface area (Å²) in [5.41, 5.74) is 0.400. The van der Waals surface area contributed by atoms with Crippen LogP contribution in [0.2, 0.25) is 0 Å². The summed E-state index contributed by atoms with van der Waals surface area (Å²) in [4.78, 5) is 27.6. The molecule has 1 N–H and O–H groups in total. The number of amides is 2. The van der Waals surface area contributed by atoms with Crippen molar-refractivity contribution in [2.75, 3.05) is 13.1 Å². The molecule has 3 rings (SSSR count). The number of hydrogen-bond donors (Lipinski definition) is 1. The summed E-state index contributed by atoms with van der Waals surface area (Å²) >= 11 is 0. The van der Waals surface area contributed by atoms with Crippen LogP contribution in [0.15, 0.2) is 42.5 Å². The molecule has 2 aromatic rings. The zero-order chi connectivity index (χ0) is 20.5. The van der Waals surface area contributed by atoms with Gasteiger partial charge in [-0.05, 0) is 50.5 Å². The first-order valence-corrected chi connectivity index (χ1v) is 9.64. The first-order valence-electron chi connectivity index (χ1n) is 9.64. The quantitative estimate of drug-likeness (QED) is 0.818. The van der Waals surface area contributed by atoms with Gasteiger partial charge in [0.1, 0.15) is 5.60 Å². The zero-order valence-electron chi connectivity index (χ0n) is 16.9. The summed E-state index contributed by atoms with van der Waals surface area (Å²) in [6.07, 6.45) is -0.768. The van der Waals surface area contributed by atoms with Crippen LogP contribution >= 0.6 is 0 Å². The third-order valence-corrected chi connectivity index (χ3v) is 5.12. The van der Waals surface area contributed by atoms with Crippen LogP contribution < -0.4 is 0 Å². The number of ether oxygens (including phenoxy) is 1. The van der Waals surface area contributed by atoms with E-state index in [-0.39, 0.29) is 12.1 Å². The van der Waals surface area contributed by atoms with Crippen molar-refractivity contribution >= 4 is 23.0 Å². The average Bonchev–Trinajstić information content (AvgIpc) is 3.09. The summed E-state index contributed by atoms with van der Waals surface area (Å²) < 4.78 is 5.68. The van der Waals surface area contributed by atoms with Crippen LogP contribution in [0.4, 0.5) is 9.59 Å². The van der Waals surface area contributed by atoms with Crippen molar-refractivity contribution in [2.45, 2.75) is 51.8 Å². The molecule has 1 aliphatic rings. The maximum absolute atomic E-state index is 13.1. The zero-order valence-corrected chi connectivity index (χ0v) is 16.9. The molecule has 0 bridgehead atoms. The standard InChI is InChI=1S/C22H28N2O4/c1-15(18-11-7-9-16-8-5-6-10-19(16)18)24(21(27)28-22(2,3)4)17-12-13-23(14-17)20(25)26/h5-11,15,17H,12-14H2,1-4H3,(H,25,26)/t15-,17?/m1/s1. The minimum Gasteiger partial charge on any atom is -0.465 e. The van der Waals surface area contributed by atoms with Crippen molar-refractivity contribution in [3.05, 3.63) is 48.0 Å². The summed E-state index contributed by atoms with van der Waals surface area (Å²) in [5, 5.41) is 11.5. The molecule has 1 unspecified atom stereocenters. The molecular weight excluding hydrogens is 356 g/mol. The highest BCUT2D eigenvalue weighted by molar-refractivity contribution is 5.86. The maximum atomic E-state index is 13.1. The lowest BCUT2D eigenvalue weighted by molar-refractivity contribution is 0.00737. The van der Waals surface area contributed by atoms with Gasteiger partial charge in [-0.3, -0.25) is 4.90 Å². The Morgan fingerprint density at radius 1 is 1.18 bits per heavy atom. The molecule has 1 heterocycles. The SMILES string of the molecule is C[C@H](c1cccc2ccccc12)N(C(=O)OC(C)(C)C)C1CCN(C(=O)O)C1. The van der Waals surface area contributed by atoms with E-state index in [1.807, 2.05) is 70.2 Å². The Labute approximate surface area is 165 Å². The smallest absolute Gasteiger partial charge is 0.411 e. The minimum absolute atomic E-state index is 0.222. The molecule has 1 fully saturated rings. The molecule has 150 valence electrons.